The largest absolute Gasteiger partial charge is 0.508 e. The van der Waals surface area contributed by atoms with Crippen molar-refractivity contribution in [1.29, 1.82) is 0 Å². The lowest BCUT2D eigenvalue weighted by molar-refractivity contribution is -0.136. The zero-order chi connectivity index (χ0) is 15.7. The van der Waals surface area contributed by atoms with Crippen LogP contribution in [-0.2, 0) is 22.0 Å². The molecule has 3 nitrogen and oxygen atoms in total. The highest BCUT2D eigenvalue weighted by Crippen LogP contribution is 2.38. The molecule has 0 spiro atoms. The van der Waals surface area contributed by atoms with Crippen molar-refractivity contribution in [1.82, 2.24) is 0 Å². The standard InChI is InChI=1S/C17H26O3/c1-16(2,3)12-9-11(7-8-15(19)20)14(18)10-13(12)17(4,5)6/h9-10,18H,7-8H2,1-6H3,(H,19,20). The topological polar surface area (TPSA) is 57.5 Å². The van der Waals surface area contributed by atoms with E-state index in [4.69, 9.17) is 5.11 Å². The van der Waals surface area contributed by atoms with E-state index in [1.165, 1.54) is 5.56 Å². The summed E-state index contributed by atoms with van der Waals surface area (Å²) >= 11 is 0. The summed E-state index contributed by atoms with van der Waals surface area (Å²) in [5, 5.41) is 19.0. The average molecular weight is 278 g/mol. The van der Waals surface area contributed by atoms with E-state index < -0.39 is 5.97 Å². The summed E-state index contributed by atoms with van der Waals surface area (Å²) in [6, 6.07) is 3.77. The molecule has 112 valence electrons. The van der Waals surface area contributed by atoms with Gasteiger partial charge in [-0.05, 0) is 40.0 Å². The minimum Gasteiger partial charge on any atom is -0.508 e. The zero-order valence-corrected chi connectivity index (χ0v) is 13.4. The first-order valence-corrected chi connectivity index (χ1v) is 7.01. The van der Waals surface area contributed by atoms with Crippen LogP contribution in [0.25, 0.3) is 0 Å². The molecule has 3 heteroatoms. The Bertz CT molecular complexity index is 502. The van der Waals surface area contributed by atoms with E-state index in [0.717, 1.165) is 5.56 Å². The van der Waals surface area contributed by atoms with E-state index in [1.807, 2.05) is 6.07 Å². The molecule has 0 aliphatic heterocycles. The van der Waals surface area contributed by atoms with Gasteiger partial charge in [0.25, 0.3) is 0 Å². The van der Waals surface area contributed by atoms with Crippen molar-refractivity contribution >= 4 is 5.97 Å². The van der Waals surface area contributed by atoms with Crippen molar-refractivity contribution in [3.63, 3.8) is 0 Å². The van der Waals surface area contributed by atoms with Crippen LogP contribution in [-0.4, -0.2) is 16.2 Å². The minimum atomic E-state index is -0.846. The number of aliphatic carboxylic acids is 1. The van der Waals surface area contributed by atoms with Gasteiger partial charge in [-0.2, -0.15) is 0 Å². The van der Waals surface area contributed by atoms with Gasteiger partial charge in [-0.25, -0.2) is 0 Å². The monoisotopic (exact) mass is 278 g/mol. The Morgan fingerprint density at radius 1 is 1.00 bits per heavy atom. The molecule has 1 aromatic rings. The highest BCUT2D eigenvalue weighted by atomic mass is 16.4. The number of hydrogen-bond donors (Lipinski definition) is 2. The molecule has 0 heterocycles. The highest BCUT2D eigenvalue weighted by Gasteiger charge is 2.26. The molecule has 1 aromatic carbocycles. The van der Waals surface area contributed by atoms with Crippen LogP contribution in [0.4, 0.5) is 0 Å². The molecule has 0 unspecified atom stereocenters. The normalized spacial score (nSPS) is 12.5. The zero-order valence-electron chi connectivity index (χ0n) is 13.4. The first-order chi connectivity index (χ1) is 8.93. The molecule has 20 heavy (non-hydrogen) atoms. The number of benzene rings is 1. The number of aromatic hydroxyl groups is 1. The first kappa shape index (κ1) is 16.5. The fourth-order valence-electron chi connectivity index (χ4n) is 2.32. The Morgan fingerprint density at radius 2 is 1.45 bits per heavy atom. The lowest BCUT2D eigenvalue weighted by atomic mass is 9.74. The highest BCUT2D eigenvalue weighted by molar-refractivity contribution is 5.67. The van der Waals surface area contributed by atoms with Gasteiger partial charge in [-0.15, -0.1) is 0 Å². The van der Waals surface area contributed by atoms with Gasteiger partial charge in [0, 0.05) is 6.42 Å². The van der Waals surface area contributed by atoms with E-state index in [0.29, 0.717) is 12.0 Å². The summed E-state index contributed by atoms with van der Waals surface area (Å²) in [6.07, 6.45) is 0.390. The molecule has 0 saturated carbocycles. The van der Waals surface area contributed by atoms with Gasteiger partial charge in [-0.1, -0.05) is 47.6 Å². The molecule has 0 radical (unpaired) electrons. The smallest absolute Gasteiger partial charge is 0.303 e. The van der Waals surface area contributed by atoms with E-state index in [2.05, 4.69) is 41.5 Å². The van der Waals surface area contributed by atoms with Crippen molar-refractivity contribution in [2.24, 2.45) is 0 Å². The van der Waals surface area contributed by atoms with Crippen LogP contribution in [0.2, 0.25) is 0 Å². The van der Waals surface area contributed by atoms with Crippen molar-refractivity contribution in [2.45, 2.75) is 65.2 Å². The van der Waals surface area contributed by atoms with Crippen LogP contribution in [0.3, 0.4) is 0 Å². The molecule has 2 N–H and O–H groups in total. The maximum Gasteiger partial charge on any atom is 0.303 e. The van der Waals surface area contributed by atoms with Gasteiger partial charge in [0.05, 0.1) is 0 Å². The SMILES string of the molecule is CC(C)(C)c1cc(O)c(CCC(=O)O)cc1C(C)(C)C. The lowest BCUT2D eigenvalue weighted by Gasteiger charge is -2.31. The van der Waals surface area contributed by atoms with Crippen LogP contribution in [0.5, 0.6) is 5.75 Å². The average Bonchev–Trinajstić information content (AvgIpc) is 2.23. The Morgan fingerprint density at radius 3 is 1.85 bits per heavy atom. The maximum atomic E-state index is 10.7. The van der Waals surface area contributed by atoms with Gasteiger partial charge in [0.1, 0.15) is 5.75 Å². The number of carboxylic acids is 1. The molecule has 0 saturated heterocycles. The quantitative estimate of drug-likeness (QED) is 0.878. The number of aryl methyl sites for hydroxylation is 1. The number of hydrogen-bond acceptors (Lipinski definition) is 2. The van der Waals surface area contributed by atoms with Gasteiger partial charge in [0.15, 0.2) is 0 Å². The predicted molar refractivity (Wildman–Crippen MR) is 81.5 cm³/mol. The molecule has 1 rings (SSSR count). The summed E-state index contributed by atoms with van der Waals surface area (Å²) < 4.78 is 0. The maximum absolute atomic E-state index is 10.7. The summed E-state index contributed by atoms with van der Waals surface area (Å²) in [7, 11) is 0. The van der Waals surface area contributed by atoms with Crippen molar-refractivity contribution in [3.8, 4) is 5.75 Å². The van der Waals surface area contributed by atoms with Gasteiger partial charge in [0.2, 0.25) is 0 Å². The van der Waals surface area contributed by atoms with E-state index in [1.54, 1.807) is 6.07 Å². The summed E-state index contributed by atoms with van der Waals surface area (Å²) in [5.41, 5.74) is 2.88. The fourth-order valence-corrected chi connectivity index (χ4v) is 2.32. The van der Waals surface area contributed by atoms with Gasteiger partial charge in [-0.3, -0.25) is 4.79 Å². The molecule has 0 aromatic heterocycles. The second-order valence-corrected chi connectivity index (χ2v) is 7.42. The van der Waals surface area contributed by atoms with Crippen LogP contribution in [0.1, 0.15) is 64.7 Å². The number of rotatable bonds is 3. The molecule has 0 amide bonds. The van der Waals surface area contributed by atoms with Gasteiger partial charge < -0.3 is 10.2 Å². The van der Waals surface area contributed by atoms with Crippen LogP contribution < -0.4 is 0 Å². The Kier molecular flexibility index (Phi) is 4.52. The molecule has 0 fully saturated rings. The number of carbonyl (C=O) groups is 1. The van der Waals surface area contributed by atoms with Gasteiger partial charge >= 0.3 is 5.97 Å². The number of carboxylic acid groups (broad SMARTS) is 1. The second kappa shape index (κ2) is 5.47. The third-order valence-corrected chi connectivity index (χ3v) is 3.44. The number of phenols is 1. The lowest BCUT2D eigenvalue weighted by Crippen LogP contribution is -2.22. The molecule has 0 atom stereocenters. The summed E-state index contributed by atoms with van der Waals surface area (Å²) in [6.45, 7) is 12.8. The third kappa shape index (κ3) is 3.99. The van der Waals surface area contributed by atoms with Crippen molar-refractivity contribution in [3.05, 3.63) is 28.8 Å². The van der Waals surface area contributed by atoms with Crippen LogP contribution in [0, 0.1) is 0 Å². The van der Waals surface area contributed by atoms with Crippen LogP contribution >= 0.6 is 0 Å². The summed E-state index contributed by atoms with van der Waals surface area (Å²) in [4.78, 5) is 10.7. The van der Waals surface area contributed by atoms with E-state index >= 15 is 0 Å². The van der Waals surface area contributed by atoms with Crippen molar-refractivity contribution in [2.75, 3.05) is 0 Å². The Hall–Kier alpha value is -1.51. The molecular formula is C17H26O3. The molecular weight excluding hydrogens is 252 g/mol. The Labute approximate surface area is 121 Å². The minimum absolute atomic E-state index is 0.0337. The Balaban J connectivity index is 3.37. The molecule has 0 aliphatic rings. The second-order valence-electron chi connectivity index (χ2n) is 7.42. The molecule has 0 bridgehead atoms. The first-order valence-electron chi connectivity index (χ1n) is 7.01. The molecule has 0 aliphatic carbocycles. The predicted octanol–water partition coefficient (Wildman–Crippen LogP) is 4.00. The fraction of sp³-hybridized carbons (Fsp3) is 0.588. The van der Waals surface area contributed by atoms with E-state index in [-0.39, 0.29) is 23.0 Å². The summed E-state index contributed by atoms with van der Waals surface area (Å²) in [5.74, 6) is -0.647. The van der Waals surface area contributed by atoms with Crippen molar-refractivity contribution < 1.29 is 15.0 Å². The third-order valence-electron chi connectivity index (χ3n) is 3.44. The number of phenolic OH excluding ortho intramolecular Hbond substituents is 1. The van der Waals surface area contributed by atoms with E-state index in [9.17, 15) is 9.90 Å². The van der Waals surface area contributed by atoms with Crippen LogP contribution in [0.15, 0.2) is 12.1 Å².